The zero-order valence-corrected chi connectivity index (χ0v) is 7.23. The molecule has 0 unspecified atom stereocenters. The van der Waals surface area contributed by atoms with E-state index in [1.807, 2.05) is 0 Å². The summed E-state index contributed by atoms with van der Waals surface area (Å²) in [6.07, 6.45) is 3.05. The second kappa shape index (κ2) is 3.33. The highest BCUT2D eigenvalue weighted by Gasteiger charge is 1.98. The van der Waals surface area contributed by atoms with Crippen molar-refractivity contribution in [2.24, 2.45) is 0 Å². The van der Waals surface area contributed by atoms with Gasteiger partial charge < -0.3 is 0 Å². The highest BCUT2D eigenvalue weighted by molar-refractivity contribution is 4.99. The van der Waals surface area contributed by atoms with Gasteiger partial charge in [0, 0.05) is 18.5 Å². The molecule has 0 aliphatic carbocycles. The standard InChI is InChI=1S/C8H8N4O2/c13-7-2-4-12(8(14)10-7)5-6-1-3-9-11-6/h1-4H,5H2,(H,9,11)(H,10,13,14). The Morgan fingerprint density at radius 2 is 2.21 bits per heavy atom. The Morgan fingerprint density at radius 3 is 2.86 bits per heavy atom. The van der Waals surface area contributed by atoms with Gasteiger partial charge in [0.1, 0.15) is 0 Å². The van der Waals surface area contributed by atoms with Gasteiger partial charge in [0.2, 0.25) is 0 Å². The molecule has 0 aliphatic rings. The van der Waals surface area contributed by atoms with E-state index >= 15 is 0 Å². The van der Waals surface area contributed by atoms with Crippen molar-refractivity contribution in [2.45, 2.75) is 6.54 Å². The average molecular weight is 192 g/mol. The van der Waals surface area contributed by atoms with Gasteiger partial charge in [0.05, 0.1) is 12.2 Å². The molecule has 72 valence electrons. The van der Waals surface area contributed by atoms with Crippen molar-refractivity contribution in [1.82, 2.24) is 19.7 Å². The fraction of sp³-hybridized carbons (Fsp3) is 0.125. The van der Waals surface area contributed by atoms with Gasteiger partial charge in [-0.05, 0) is 6.07 Å². The normalized spacial score (nSPS) is 10.3. The fourth-order valence-electron chi connectivity index (χ4n) is 1.13. The lowest BCUT2D eigenvalue weighted by molar-refractivity contribution is 0.702. The zero-order chi connectivity index (χ0) is 9.97. The van der Waals surface area contributed by atoms with Crippen LogP contribution in [0.25, 0.3) is 0 Å². The molecule has 2 rings (SSSR count). The van der Waals surface area contributed by atoms with Crippen molar-refractivity contribution in [3.63, 3.8) is 0 Å². The van der Waals surface area contributed by atoms with E-state index in [1.54, 1.807) is 12.3 Å². The first-order chi connectivity index (χ1) is 6.75. The Bertz CT molecular complexity index is 523. The van der Waals surface area contributed by atoms with E-state index in [4.69, 9.17) is 0 Å². The first-order valence-electron chi connectivity index (χ1n) is 4.04. The van der Waals surface area contributed by atoms with Gasteiger partial charge in [-0.2, -0.15) is 5.10 Å². The maximum atomic E-state index is 11.2. The first-order valence-corrected chi connectivity index (χ1v) is 4.04. The predicted molar refractivity (Wildman–Crippen MR) is 49.0 cm³/mol. The minimum Gasteiger partial charge on any atom is -0.295 e. The first kappa shape index (κ1) is 8.49. The highest BCUT2D eigenvalue weighted by atomic mass is 16.2. The lowest BCUT2D eigenvalue weighted by Gasteiger charge is -2.00. The van der Waals surface area contributed by atoms with Crippen LogP contribution in [0.1, 0.15) is 5.69 Å². The summed E-state index contributed by atoms with van der Waals surface area (Å²) in [4.78, 5) is 24.2. The van der Waals surface area contributed by atoms with Crippen molar-refractivity contribution in [1.29, 1.82) is 0 Å². The molecular formula is C8H8N4O2. The van der Waals surface area contributed by atoms with Crippen molar-refractivity contribution < 1.29 is 0 Å². The molecule has 6 nitrogen and oxygen atoms in total. The molecule has 14 heavy (non-hydrogen) atoms. The third-order valence-electron chi connectivity index (χ3n) is 1.80. The fourth-order valence-corrected chi connectivity index (χ4v) is 1.13. The number of hydrogen-bond acceptors (Lipinski definition) is 3. The number of nitrogens with zero attached hydrogens (tertiary/aromatic N) is 2. The van der Waals surface area contributed by atoms with E-state index in [0.29, 0.717) is 6.54 Å². The van der Waals surface area contributed by atoms with E-state index in [2.05, 4.69) is 15.2 Å². The van der Waals surface area contributed by atoms with Crippen molar-refractivity contribution in [2.75, 3.05) is 0 Å². The Kier molecular flexibility index (Phi) is 2.02. The van der Waals surface area contributed by atoms with Crippen LogP contribution in [0.3, 0.4) is 0 Å². The predicted octanol–water partition coefficient (Wildman–Crippen LogP) is -0.692. The number of nitrogens with one attached hydrogen (secondary N) is 2. The molecule has 0 atom stereocenters. The van der Waals surface area contributed by atoms with Crippen molar-refractivity contribution >= 4 is 0 Å². The zero-order valence-electron chi connectivity index (χ0n) is 7.23. The van der Waals surface area contributed by atoms with Crippen LogP contribution in [0, 0.1) is 0 Å². The second-order valence-corrected chi connectivity index (χ2v) is 2.82. The molecule has 0 bridgehead atoms. The van der Waals surface area contributed by atoms with E-state index < -0.39 is 11.2 Å². The SMILES string of the molecule is O=c1ccn(Cc2ccn[nH]2)c(=O)[nH]1. The molecule has 0 aromatic carbocycles. The third-order valence-corrected chi connectivity index (χ3v) is 1.80. The summed E-state index contributed by atoms with van der Waals surface area (Å²) in [6, 6.07) is 3.06. The maximum absolute atomic E-state index is 11.2. The molecule has 2 aromatic heterocycles. The summed E-state index contributed by atoms with van der Waals surface area (Å²) >= 11 is 0. The average Bonchev–Trinajstić information content (AvgIpc) is 2.62. The monoisotopic (exact) mass is 192 g/mol. The molecule has 0 amide bonds. The van der Waals surface area contributed by atoms with Gasteiger partial charge in [-0.1, -0.05) is 0 Å². The van der Waals surface area contributed by atoms with Crippen LogP contribution in [0.4, 0.5) is 0 Å². The minimum absolute atomic E-state index is 0.371. The molecule has 0 aliphatic heterocycles. The van der Waals surface area contributed by atoms with Crippen molar-refractivity contribution in [3.8, 4) is 0 Å². The minimum atomic E-state index is -0.424. The number of hydrogen-bond donors (Lipinski definition) is 2. The summed E-state index contributed by atoms with van der Waals surface area (Å²) < 4.78 is 1.38. The van der Waals surface area contributed by atoms with Crippen LogP contribution in [0.5, 0.6) is 0 Å². The maximum Gasteiger partial charge on any atom is 0.328 e. The quantitative estimate of drug-likeness (QED) is 0.660. The summed E-state index contributed by atoms with van der Waals surface area (Å²) in [5, 5.41) is 6.48. The third kappa shape index (κ3) is 1.63. The van der Waals surface area contributed by atoms with Gasteiger partial charge in [-0.3, -0.25) is 19.4 Å². The van der Waals surface area contributed by atoms with Crippen LogP contribution < -0.4 is 11.2 Å². The smallest absolute Gasteiger partial charge is 0.295 e. The van der Waals surface area contributed by atoms with E-state index in [0.717, 1.165) is 5.69 Å². The molecule has 6 heteroatoms. The van der Waals surface area contributed by atoms with Crippen molar-refractivity contribution in [3.05, 3.63) is 51.1 Å². The van der Waals surface area contributed by atoms with E-state index in [9.17, 15) is 9.59 Å². The Morgan fingerprint density at radius 1 is 1.36 bits per heavy atom. The van der Waals surface area contributed by atoms with Crippen LogP contribution in [-0.4, -0.2) is 19.7 Å². The summed E-state index contributed by atoms with van der Waals surface area (Å²) in [7, 11) is 0. The summed E-state index contributed by atoms with van der Waals surface area (Å²) in [5.74, 6) is 0. The van der Waals surface area contributed by atoms with Crippen LogP contribution in [0.15, 0.2) is 34.1 Å². The Hall–Kier alpha value is -2.11. The van der Waals surface area contributed by atoms with Gasteiger partial charge in [-0.25, -0.2) is 4.79 Å². The molecule has 0 fully saturated rings. The van der Waals surface area contributed by atoms with Gasteiger partial charge >= 0.3 is 5.69 Å². The molecule has 0 saturated carbocycles. The largest absolute Gasteiger partial charge is 0.328 e. The van der Waals surface area contributed by atoms with Gasteiger partial charge in [0.25, 0.3) is 5.56 Å². The number of H-pyrrole nitrogens is 2. The lowest BCUT2D eigenvalue weighted by atomic mass is 10.4. The lowest BCUT2D eigenvalue weighted by Crippen LogP contribution is -2.28. The van der Waals surface area contributed by atoms with Gasteiger partial charge in [-0.15, -0.1) is 0 Å². The summed E-state index contributed by atoms with van der Waals surface area (Å²) in [6.45, 7) is 0.371. The van der Waals surface area contributed by atoms with E-state index in [-0.39, 0.29) is 0 Å². The molecule has 2 N–H and O–H groups in total. The molecular weight excluding hydrogens is 184 g/mol. The molecule has 0 spiro atoms. The van der Waals surface area contributed by atoms with E-state index in [1.165, 1.54) is 16.8 Å². The molecule has 0 saturated heterocycles. The Labute approximate surface area is 78.2 Å². The highest BCUT2D eigenvalue weighted by Crippen LogP contribution is 1.92. The van der Waals surface area contributed by atoms with Gasteiger partial charge in [0.15, 0.2) is 0 Å². The van der Waals surface area contributed by atoms with Crippen LogP contribution >= 0.6 is 0 Å². The second-order valence-electron chi connectivity index (χ2n) is 2.82. The molecule has 0 radical (unpaired) electrons. The van der Waals surface area contributed by atoms with Crippen LogP contribution in [0.2, 0.25) is 0 Å². The molecule has 2 heterocycles. The number of aromatic amines is 2. The number of aromatic nitrogens is 4. The summed E-state index contributed by atoms with van der Waals surface area (Å²) in [5.41, 5.74) is -0.0119. The number of rotatable bonds is 2. The Balaban J connectivity index is 2.35. The van der Waals surface area contributed by atoms with Crippen LogP contribution in [-0.2, 0) is 6.54 Å². The topological polar surface area (TPSA) is 83.5 Å². The molecule has 2 aromatic rings.